The molecule has 0 saturated carbocycles. The smallest absolute Gasteiger partial charge is 0.278 e. The fourth-order valence-corrected chi connectivity index (χ4v) is 1.34. The lowest BCUT2D eigenvalue weighted by molar-refractivity contribution is -0.0479. The number of nitrogens with zero attached hydrogens (tertiary/aromatic N) is 3. The number of nitrogens with one attached hydrogen (secondary N) is 1. The summed E-state index contributed by atoms with van der Waals surface area (Å²) in [4.78, 5) is 4.68. The zero-order valence-corrected chi connectivity index (χ0v) is 11.0. The van der Waals surface area contributed by atoms with Gasteiger partial charge < -0.3 is 15.2 Å². The Morgan fingerprint density at radius 2 is 2.16 bits per heavy atom. The molecule has 1 aliphatic heterocycles. The third-order valence-electron chi connectivity index (χ3n) is 2.46. The number of nitrogens with two attached hydrogens (primary N) is 1. The van der Waals surface area contributed by atoms with Crippen LogP contribution >= 0.6 is 0 Å². The molecule has 0 radical (unpaired) electrons. The number of hydrogen-bond donors (Lipinski definition) is 2. The fraction of sp³-hybridized carbons (Fsp3) is 0.700. The summed E-state index contributed by atoms with van der Waals surface area (Å²) >= 11 is 0. The van der Waals surface area contributed by atoms with Crippen molar-refractivity contribution in [1.29, 1.82) is 0 Å². The minimum Gasteiger partial charge on any atom is -0.472 e. The van der Waals surface area contributed by atoms with E-state index in [0.29, 0.717) is 17.3 Å². The number of oxime groups is 1. The Balaban J connectivity index is 1.78. The van der Waals surface area contributed by atoms with Crippen molar-refractivity contribution in [2.24, 2.45) is 10.9 Å². The van der Waals surface area contributed by atoms with Crippen LogP contribution in [0.4, 0.5) is 0 Å². The molecule has 1 aromatic heterocycles. The first-order valence-corrected chi connectivity index (χ1v) is 5.76. The van der Waals surface area contributed by atoms with Crippen molar-refractivity contribution in [3.05, 3.63) is 5.69 Å². The average Bonchev–Trinajstić information content (AvgIpc) is 2.93. The Kier molecular flexibility index (Phi) is 3.98. The van der Waals surface area contributed by atoms with Crippen LogP contribution in [0.3, 0.4) is 0 Å². The largest absolute Gasteiger partial charge is 0.472 e. The summed E-state index contributed by atoms with van der Waals surface area (Å²) < 4.78 is 15.5. The summed E-state index contributed by atoms with van der Waals surface area (Å²) in [6.45, 7) is 5.80. The molecule has 0 aromatic carbocycles. The number of aromatic nitrogens is 2. The van der Waals surface area contributed by atoms with E-state index in [-0.39, 0.29) is 13.2 Å². The van der Waals surface area contributed by atoms with Gasteiger partial charge in [-0.05, 0) is 25.9 Å². The van der Waals surface area contributed by atoms with Crippen LogP contribution in [0.25, 0.3) is 0 Å². The molecule has 2 rings (SSSR count). The van der Waals surface area contributed by atoms with Gasteiger partial charge in [0.05, 0.1) is 12.1 Å². The first-order valence-electron chi connectivity index (χ1n) is 5.76. The van der Waals surface area contributed by atoms with Crippen LogP contribution < -0.4 is 16.0 Å². The first-order chi connectivity index (χ1) is 8.98. The number of aryl methyl sites for hydroxylation is 1. The summed E-state index contributed by atoms with van der Waals surface area (Å²) in [5.41, 5.74) is 9.25. The van der Waals surface area contributed by atoms with Crippen molar-refractivity contribution >= 4 is 5.71 Å². The van der Waals surface area contributed by atoms with E-state index < -0.39 is 11.8 Å². The van der Waals surface area contributed by atoms with E-state index >= 15 is 0 Å². The van der Waals surface area contributed by atoms with Crippen LogP contribution in [-0.4, -0.2) is 41.0 Å². The molecule has 1 aliphatic rings. The van der Waals surface area contributed by atoms with E-state index in [2.05, 4.69) is 30.5 Å². The highest BCUT2D eigenvalue weighted by atomic mass is 16.8. The molecule has 1 aromatic rings. The van der Waals surface area contributed by atoms with Gasteiger partial charge >= 0.3 is 0 Å². The van der Waals surface area contributed by atoms with Gasteiger partial charge in [0.2, 0.25) is 0 Å². The van der Waals surface area contributed by atoms with Crippen molar-refractivity contribution in [2.45, 2.75) is 32.5 Å². The molecule has 19 heavy (non-hydrogen) atoms. The van der Waals surface area contributed by atoms with Crippen molar-refractivity contribution in [3.63, 3.8) is 0 Å². The van der Waals surface area contributed by atoms with Crippen LogP contribution in [0.1, 0.15) is 19.5 Å². The second-order valence-electron chi connectivity index (χ2n) is 4.73. The monoisotopic (exact) mass is 271 g/mol. The third kappa shape index (κ3) is 3.63. The Morgan fingerprint density at radius 3 is 2.74 bits per heavy atom. The van der Waals surface area contributed by atoms with E-state index in [0.717, 1.165) is 0 Å². The number of rotatable bonds is 6. The van der Waals surface area contributed by atoms with Gasteiger partial charge in [-0.1, -0.05) is 15.8 Å². The molecule has 0 aliphatic carbocycles. The average molecular weight is 271 g/mol. The standard InChI is InChI=1S/C10H17N5O4/c1-6-8(14-18-12-6)16-4-10(3,11)5-17-9-7(2)13-19-15-9/h8,14H,4-5,11H2,1-3H3/t8-,10-/m0/s1. The zero-order valence-electron chi connectivity index (χ0n) is 11.0. The van der Waals surface area contributed by atoms with Gasteiger partial charge in [0.15, 0.2) is 6.23 Å². The molecule has 9 nitrogen and oxygen atoms in total. The van der Waals surface area contributed by atoms with Gasteiger partial charge in [-0.2, -0.15) is 0 Å². The molecule has 2 heterocycles. The number of ether oxygens (including phenoxy) is 2. The Hall–Kier alpha value is -1.71. The van der Waals surface area contributed by atoms with Crippen LogP contribution in [0.15, 0.2) is 9.78 Å². The van der Waals surface area contributed by atoms with E-state index in [1.807, 2.05) is 0 Å². The van der Waals surface area contributed by atoms with Gasteiger partial charge in [-0.15, -0.1) is 0 Å². The zero-order chi connectivity index (χ0) is 13.9. The minimum atomic E-state index is -0.698. The van der Waals surface area contributed by atoms with Crippen molar-refractivity contribution in [1.82, 2.24) is 15.8 Å². The van der Waals surface area contributed by atoms with Crippen molar-refractivity contribution in [3.8, 4) is 5.88 Å². The van der Waals surface area contributed by atoms with Crippen molar-refractivity contribution in [2.75, 3.05) is 13.2 Å². The lowest BCUT2D eigenvalue weighted by atomic mass is 10.1. The lowest BCUT2D eigenvalue weighted by Gasteiger charge is -2.25. The SMILES string of the molecule is CC1=NON[C@H]1OC[C@](C)(N)COc1nonc1C. The Bertz CT molecular complexity index is 459. The summed E-state index contributed by atoms with van der Waals surface area (Å²) in [5.74, 6) is 0.330. The van der Waals surface area contributed by atoms with Crippen LogP contribution in [0.5, 0.6) is 5.88 Å². The predicted molar refractivity (Wildman–Crippen MR) is 64.2 cm³/mol. The Labute approximate surface area is 110 Å². The summed E-state index contributed by atoms with van der Waals surface area (Å²) in [6, 6.07) is 0. The quantitative estimate of drug-likeness (QED) is 0.726. The second kappa shape index (κ2) is 5.51. The molecule has 0 bridgehead atoms. The fourth-order valence-electron chi connectivity index (χ4n) is 1.34. The van der Waals surface area contributed by atoms with Gasteiger partial charge in [-0.3, -0.25) is 4.94 Å². The maximum absolute atomic E-state index is 6.07. The second-order valence-corrected chi connectivity index (χ2v) is 4.73. The minimum absolute atomic E-state index is 0.214. The molecule has 2 atom stereocenters. The molecule has 0 saturated heterocycles. The predicted octanol–water partition coefficient (Wildman–Crippen LogP) is -0.272. The van der Waals surface area contributed by atoms with Gasteiger partial charge in [0, 0.05) is 0 Å². The van der Waals surface area contributed by atoms with E-state index in [4.69, 9.17) is 15.2 Å². The van der Waals surface area contributed by atoms with E-state index in [9.17, 15) is 0 Å². The highest BCUT2D eigenvalue weighted by molar-refractivity contribution is 5.86. The normalized spacial score (nSPS) is 21.7. The number of hydroxylamine groups is 1. The van der Waals surface area contributed by atoms with E-state index in [1.54, 1.807) is 20.8 Å². The molecule has 0 amide bonds. The number of hydrogen-bond acceptors (Lipinski definition) is 9. The van der Waals surface area contributed by atoms with Crippen LogP contribution in [0, 0.1) is 6.92 Å². The van der Waals surface area contributed by atoms with Gasteiger partial charge in [0.25, 0.3) is 5.88 Å². The maximum Gasteiger partial charge on any atom is 0.278 e. The van der Waals surface area contributed by atoms with Gasteiger partial charge in [-0.25, -0.2) is 4.63 Å². The first kappa shape index (κ1) is 13.7. The van der Waals surface area contributed by atoms with Crippen molar-refractivity contribution < 1.29 is 19.0 Å². The summed E-state index contributed by atoms with van der Waals surface area (Å²) in [6.07, 6.45) is -0.390. The maximum atomic E-state index is 6.07. The molecule has 9 heteroatoms. The molecule has 0 unspecified atom stereocenters. The summed E-state index contributed by atoms with van der Waals surface area (Å²) in [7, 11) is 0. The molecule has 106 valence electrons. The highest BCUT2D eigenvalue weighted by Gasteiger charge is 2.26. The molecular weight excluding hydrogens is 254 g/mol. The van der Waals surface area contributed by atoms with Gasteiger partial charge in [0.1, 0.15) is 18.0 Å². The highest BCUT2D eigenvalue weighted by Crippen LogP contribution is 2.13. The molecule has 3 N–H and O–H groups in total. The topological polar surface area (TPSA) is 117 Å². The van der Waals surface area contributed by atoms with Crippen LogP contribution in [-0.2, 0) is 9.68 Å². The molecule has 0 fully saturated rings. The third-order valence-corrected chi connectivity index (χ3v) is 2.46. The Morgan fingerprint density at radius 1 is 1.37 bits per heavy atom. The summed E-state index contributed by atoms with van der Waals surface area (Å²) in [5, 5.41) is 10.9. The lowest BCUT2D eigenvalue weighted by Crippen LogP contribution is -2.49. The van der Waals surface area contributed by atoms with Crippen LogP contribution in [0.2, 0.25) is 0 Å². The molecular formula is C10H17N5O4. The van der Waals surface area contributed by atoms with E-state index in [1.165, 1.54) is 0 Å². The molecule has 0 spiro atoms.